The summed E-state index contributed by atoms with van der Waals surface area (Å²) < 4.78 is 6.34. The van der Waals surface area contributed by atoms with Crippen molar-refractivity contribution in [3.05, 3.63) is 109 Å². The predicted octanol–water partition coefficient (Wildman–Crippen LogP) is 6.94. The molecule has 0 spiro atoms. The molecule has 0 aliphatic rings. The van der Waals surface area contributed by atoms with Gasteiger partial charge in [0.2, 0.25) is 0 Å². The Balaban J connectivity index is 1.59. The Morgan fingerprint density at radius 1 is 0.586 bits per heavy atom. The van der Waals surface area contributed by atoms with Crippen molar-refractivity contribution in [1.82, 2.24) is 0 Å². The maximum atomic E-state index is 10.3. The van der Waals surface area contributed by atoms with Crippen molar-refractivity contribution in [1.29, 1.82) is 0 Å². The zero-order chi connectivity index (χ0) is 19.6. The lowest BCUT2D eigenvalue weighted by Gasteiger charge is -2.15. The first-order chi connectivity index (χ1) is 14.3. The summed E-state index contributed by atoms with van der Waals surface area (Å²) in [6.45, 7) is 0.451. The second-order valence-electron chi connectivity index (χ2n) is 7.10. The Hall–Kier alpha value is -3.78. The summed E-state index contributed by atoms with van der Waals surface area (Å²) in [6.07, 6.45) is 0. The summed E-state index contributed by atoms with van der Waals surface area (Å²) in [5, 5.41) is 15.1. The molecule has 140 valence electrons. The first-order valence-corrected chi connectivity index (χ1v) is 9.71. The molecule has 0 saturated heterocycles. The quantitative estimate of drug-likeness (QED) is 0.344. The number of phenols is 1. The molecule has 0 unspecified atom stereocenters. The molecule has 0 amide bonds. The van der Waals surface area contributed by atoms with Crippen LogP contribution in [0.5, 0.6) is 11.5 Å². The van der Waals surface area contributed by atoms with Crippen LogP contribution in [0.25, 0.3) is 32.7 Å². The van der Waals surface area contributed by atoms with Crippen LogP contribution in [0, 0.1) is 0 Å². The van der Waals surface area contributed by atoms with Gasteiger partial charge in [0, 0.05) is 16.7 Å². The lowest BCUT2D eigenvalue weighted by molar-refractivity contribution is 0.310. The highest BCUT2D eigenvalue weighted by Gasteiger charge is 2.12. The molecule has 29 heavy (non-hydrogen) atoms. The average Bonchev–Trinajstić information content (AvgIpc) is 2.77. The standard InChI is InChI=1S/C27H20O2/c28-26-15-7-5-13-23(26)24-14-6-8-16-27(24)29-18-25-21-11-3-1-9-19(21)17-20-10-2-4-12-22(20)25/h1-17,28H,18H2. The Morgan fingerprint density at radius 3 is 1.83 bits per heavy atom. The van der Waals surface area contributed by atoms with E-state index in [1.807, 2.05) is 42.5 Å². The largest absolute Gasteiger partial charge is 0.507 e. The molecular weight excluding hydrogens is 356 g/mol. The molecule has 0 radical (unpaired) electrons. The van der Waals surface area contributed by atoms with Crippen molar-refractivity contribution < 1.29 is 9.84 Å². The maximum Gasteiger partial charge on any atom is 0.127 e. The van der Waals surface area contributed by atoms with Gasteiger partial charge in [0.15, 0.2) is 0 Å². The van der Waals surface area contributed by atoms with E-state index in [2.05, 4.69) is 54.6 Å². The van der Waals surface area contributed by atoms with Crippen LogP contribution in [0.1, 0.15) is 5.56 Å². The van der Waals surface area contributed by atoms with Crippen LogP contribution in [0.15, 0.2) is 103 Å². The summed E-state index contributed by atoms with van der Waals surface area (Å²) in [5.41, 5.74) is 2.83. The molecule has 2 heteroatoms. The van der Waals surface area contributed by atoms with Crippen molar-refractivity contribution >= 4 is 21.5 Å². The fraction of sp³-hybridized carbons (Fsp3) is 0.0370. The molecule has 2 nitrogen and oxygen atoms in total. The predicted molar refractivity (Wildman–Crippen MR) is 119 cm³/mol. The first kappa shape index (κ1) is 17.3. The highest BCUT2D eigenvalue weighted by atomic mass is 16.5. The molecule has 5 aromatic carbocycles. The van der Waals surface area contributed by atoms with Crippen molar-refractivity contribution in [3.63, 3.8) is 0 Å². The molecule has 0 bridgehead atoms. The van der Waals surface area contributed by atoms with Gasteiger partial charge < -0.3 is 9.84 Å². The number of aromatic hydroxyl groups is 1. The summed E-state index contributed by atoms with van der Waals surface area (Å²) >= 11 is 0. The second-order valence-corrected chi connectivity index (χ2v) is 7.10. The Labute approximate surface area is 169 Å². The Morgan fingerprint density at radius 2 is 1.14 bits per heavy atom. The average molecular weight is 376 g/mol. The summed E-state index contributed by atoms with van der Waals surface area (Å²) in [7, 11) is 0. The summed E-state index contributed by atoms with van der Waals surface area (Å²) in [5.74, 6) is 1.00. The number of para-hydroxylation sites is 2. The molecular formula is C27H20O2. The van der Waals surface area contributed by atoms with E-state index in [0.717, 1.165) is 16.9 Å². The van der Waals surface area contributed by atoms with Gasteiger partial charge in [-0.3, -0.25) is 0 Å². The highest BCUT2D eigenvalue weighted by molar-refractivity contribution is 6.02. The maximum absolute atomic E-state index is 10.3. The van der Waals surface area contributed by atoms with Gasteiger partial charge in [-0.1, -0.05) is 84.9 Å². The molecule has 1 N–H and O–H groups in total. The Kier molecular flexibility index (Phi) is 4.38. The van der Waals surface area contributed by atoms with Gasteiger partial charge in [0.25, 0.3) is 0 Å². The number of fused-ring (bicyclic) bond motifs is 2. The van der Waals surface area contributed by atoms with Crippen LogP contribution in [0.4, 0.5) is 0 Å². The van der Waals surface area contributed by atoms with Gasteiger partial charge in [0.1, 0.15) is 18.1 Å². The van der Waals surface area contributed by atoms with E-state index >= 15 is 0 Å². The third-order valence-corrected chi connectivity index (χ3v) is 5.34. The molecule has 0 atom stereocenters. The molecule has 5 aromatic rings. The number of hydrogen-bond acceptors (Lipinski definition) is 2. The van der Waals surface area contributed by atoms with E-state index in [0.29, 0.717) is 6.61 Å². The van der Waals surface area contributed by atoms with Crippen molar-refractivity contribution in [2.24, 2.45) is 0 Å². The van der Waals surface area contributed by atoms with Crippen LogP contribution in [-0.2, 0) is 6.61 Å². The second kappa shape index (κ2) is 7.33. The summed E-state index contributed by atoms with van der Waals surface area (Å²) in [6, 6.07) is 34.3. The number of benzene rings is 5. The van der Waals surface area contributed by atoms with Crippen molar-refractivity contribution in [2.75, 3.05) is 0 Å². The molecule has 0 aliphatic heterocycles. The molecule has 0 fully saturated rings. The van der Waals surface area contributed by atoms with E-state index in [4.69, 9.17) is 4.74 Å². The van der Waals surface area contributed by atoms with Crippen LogP contribution in [0.2, 0.25) is 0 Å². The molecule has 0 heterocycles. The molecule has 5 rings (SSSR count). The zero-order valence-electron chi connectivity index (χ0n) is 15.9. The topological polar surface area (TPSA) is 29.5 Å². The molecule has 0 aromatic heterocycles. The van der Waals surface area contributed by atoms with Gasteiger partial charge in [-0.25, -0.2) is 0 Å². The first-order valence-electron chi connectivity index (χ1n) is 9.71. The van der Waals surface area contributed by atoms with E-state index in [1.165, 1.54) is 27.1 Å². The van der Waals surface area contributed by atoms with Crippen LogP contribution in [-0.4, -0.2) is 5.11 Å². The fourth-order valence-electron chi connectivity index (χ4n) is 3.93. The lowest BCUT2D eigenvalue weighted by atomic mass is 9.97. The minimum atomic E-state index is 0.249. The van der Waals surface area contributed by atoms with Crippen LogP contribution >= 0.6 is 0 Å². The van der Waals surface area contributed by atoms with Gasteiger partial charge in [-0.2, -0.15) is 0 Å². The van der Waals surface area contributed by atoms with Crippen LogP contribution < -0.4 is 4.74 Å². The molecule has 0 saturated carbocycles. The monoisotopic (exact) mass is 376 g/mol. The SMILES string of the molecule is Oc1ccccc1-c1ccccc1OCc1c2ccccc2cc2ccccc12. The fourth-order valence-corrected chi connectivity index (χ4v) is 3.93. The lowest BCUT2D eigenvalue weighted by Crippen LogP contribution is -1.99. The smallest absolute Gasteiger partial charge is 0.127 e. The normalized spacial score (nSPS) is 11.0. The van der Waals surface area contributed by atoms with E-state index in [-0.39, 0.29) is 5.75 Å². The van der Waals surface area contributed by atoms with E-state index in [1.54, 1.807) is 6.07 Å². The third-order valence-electron chi connectivity index (χ3n) is 5.34. The minimum absolute atomic E-state index is 0.249. The minimum Gasteiger partial charge on any atom is -0.507 e. The Bertz CT molecular complexity index is 1270. The highest BCUT2D eigenvalue weighted by Crippen LogP contribution is 2.36. The van der Waals surface area contributed by atoms with Gasteiger partial charge in [-0.15, -0.1) is 0 Å². The van der Waals surface area contributed by atoms with Gasteiger partial charge in [-0.05, 0) is 39.7 Å². The van der Waals surface area contributed by atoms with Gasteiger partial charge >= 0.3 is 0 Å². The van der Waals surface area contributed by atoms with Crippen molar-refractivity contribution in [3.8, 4) is 22.6 Å². The number of ether oxygens (including phenoxy) is 1. The van der Waals surface area contributed by atoms with E-state index in [9.17, 15) is 5.11 Å². The van der Waals surface area contributed by atoms with E-state index < -0.39 is 0 Å². The number of phenolic OH excluding ortho intramolecular Hbond substituents is 1. The molecule has 0 aliphatic carbocycles. The van der Waals surface area contributed by atoms with Crippen molar-refractivity contribution in [2.45, 2.75) is 6.61 Å². The number of hydrogen-bond donors (Lipinski definition) is 1. The van der Waals surface area contributed by atoms with Gasteiger partial charge in [0.05, 0.1) is 0 Å². The number of rotatable bonds is 4. The van der Waals surface area contributed by atoms with Crippen LogP contribution in [0.3, 0.4) is 0 Å². The summed E-state index contributed by atoms with van der Waals surface area (Å²) in [4.78, 5) is 0. The third kappa shape index (κ3) is 3.19. The zero-order valence-corrected chi connectivity index (χ0v) is 15.9.